The molecule has 2 heteroatoms. The number of benzene rings is 1. The number of hydrogen-bond donors (Lipinski definition) is 1. The molecule has 0 aliphatic carbocycles. The number of hydrogen-bond acceptors (Lipinski definition) is 2. The first-order chi connectivity index (χ1) is 10.2. The molecular weight excluding hydrogens is 256 g/mol. The highest BCUT2D eigenvalue weighted by Gasteiger charge is 2.30. The maximum Gasteiger partial charge on any atom is 0.0450 e. The second-order valence-electron chi connectivity index (χ2n) is 6.73. The van der Waals surface area contributed by atoms with Crippen molar-refractivity contribution >= 4 is 0 Å². The van der Waals surface area contributed by atoms with Gasteiger partial charge in [-0.25, -0.2) is 0 Å². The summed E-state index contributed by atoms with van der Waals surface area (Å²) in [6.07, 6.45) is 3.84. The van der Waals surface area contributed by atoms with Crippen LogP contribution in [-0.4, -0.2) is 30.1 Å². The Hall–Kier alpha value is -0.860. The van der Waals surface area contributed by atoms with Crippen LogP contribution >= 0.6 is 0 Å². The Morgan fingerprint density at radius 3 is 2.52 bits per heavy atom. The van der Waals surface area contributed by atoms with E-state index in [0.717, 1.165) is 19.0 Å². The Bertz CT molecular complexity index is 403. The largest absolute Gasteiger partial charge is 0.307 e. The van der Waals surface area contributed by atoms with Gasteiger partial charge in [-0.1, -0.05) is 57.5 Å². The lowest BCUT2D eigenvalue weighted by molar-refractivity contribution is 0.0747. The highest BCUT2D eigenvalue weighted by atomic mass is 15.2. The predicted molar refractivity (Wildman–Crippen MR) is 91.5 cm³/mol. The van der Waals surface area contributed by atoms with Crippen LogP contribution in [0.4, 0.5) is 0 Å². The molecule has 1 saturated heterocycles. The molecule has 0 saturated carbocycles. The van der Waals surface area contributed by atoms with Crippen LogP contribution in [0.15, 0.2) is 30.3 Å². The Morgan fingerprint density at radius 1 is 1.19 bits per heavy atom. The number of nitrogens with one attached hydrogen (secondary N) is 1. The highest BCUT2D eigenvalue weighted by molar-refractivity contribution is 5.20. The molecule has 2 nitrogen and oxygen atoms in total. The molecule has 4 unspecified atom stereocenters. The van der Waals surface area contributed by atoms with Crippen molar-refractivity contribution in [3.8, 4) is 0 Å². The topological polar surface area (TPSA) is 15.3 Å². The summed E-state index contributed by atoms with van der Waals surface area (Å²) in [6.45, 7) is 11.7. The molecule has 21 heavy (non-hydrogen) atoms. The van der Waals surface area contributed by atoms with Gasteiger partial charge in [-0.3, -0.25) is 4.90 Å². The second kappa shape index (κ2) is 7.95. The average molecular weight is 288 g/mol. The summed E-state index contributed by atoms with van der Waals surface area (Å²) < 4.78 is 0. The zero-order valence-corrected chi connectivity index (χ0v) is 14.2. The van der Waals surface area contributed by atoms with E-state index < -0.39 is 0 Å². The molecule has 1 aliphatic rings. The first kappa shape index (κ1) is 16.5. The van der Waals surface area contributed by atoms with Crippen molar-refractivity contribution in [2.75, 3.05) is 13.1 Å². The third kappa shape index (κ3) is 4.31. The maximum absolute atomic E-state index is 3.75. The molecule has 1 aliphatic heterocycles. The van der Waals surface area contributed by atoms with Gasteiger partial charge in [0.2, 0.25) is 0 Å². The van der Waals surface area contributed by atoms with Gasteiger partial charge in [0.1, 0.15) is 0 Å². The van der Waals surface area contributed by atoms with Gasteiger partial charge >= 0.3 is 0 Å². The summed E-state index contributed by atoms with van der Waals surface area (Å²) in [4.78, 5) is 2.75. The van der Waals surface area contributed by atoms with E-state index in [-0.39, 0.29) is 0 Å². The minimum Gasteiger partial charge on any atom is -0.307 e. The zero-order valence-electron chi connectivity index (χ0n) is 14.2. The molecule has 1 heterocycles. The minimum absolute atomic E-state index is 0.480. The first-order valence-corrected chi connectivity index (χ1v) is 8.69. The number of piperazine rings is 1. The average Bonchev–Trinajstić information content (AvgIpc) is 2.54. The van der Waals surface area contributed by atoms with Gasteiger partial charge in [0.15, 0.2) is 0 Å². The van der Waals surface area contributed by atoms with Crippen LogP contribution in [0.1, 0.15) is 58.6 Å². The van der Waals surface area contributed by atoms with Crippen LogP contribution in [0.2, 0.25) is 0 Å². The van der Waals surface area contributed by atoms with Crippen molar-refractivity contribution in [3.63, 3.8) is 0 Å². The van der Waals surface area contributed by atoms with E-state index in [9.17, 15) is 0 Å². The lowest BCUT2D eigenvalue weighted by Gasteiger charge is -2.44. The van der Waals surface area contributed by atoms with E-state index in [1.807, 2.05) is 0 Å². The fraction of sp³-hybridized carbons (Fsp3) is 0.684. The summed E-state index contributed by atoms with van der Waals surface area (Å²) in [7, 11) is 0. The lowest BCUT2D eigenvalue weighted by Crippen LogP contribution is -2.55. The SMILES string of the molecule is CCC(C)CC(C)N1CC(c2ccccc2)NCC1CC. The first-order valence-electron chi connectivity index (χ1n) is 8.69. The Morgan fingerprint density at radius 2 is 1.90 bits per heavy atom. The van der Waals surface area contributed by atoms with Crippen molar-refractivity contribution in [2.45, 2.75) is 65.1 Å². The Labute approximate surface area is 130 Å². The van der Waals surface area contributed by atoms with Crippen LogP contribution in [0.25, 0.3) is 0 Å². The summed E-state index contributed by atoms with van der Waals surface area (Å²) in [5.74, 6) is 0.822. The third-order valence-corrected chi connectivity index (χ3v) is 5.14. The van der Waals surface area contributed by atoms with Crippen LogP contribution in [0.3, 0.4) is 0 Å². The second-order valence-corrected chi connectivity index (χ2v) is 6.73. The van der Waals surface area contributed by atoms with Gasteiger partial charge in [-0.05, 0) is 31.2 Å². The molecule has 1 N–H and O–H groups in total. The number of rotatable bonds is 6. The normalized spacial score (nSPS) is 26.5. The maximum atomic E-state index is 3.75. The standard InChI is InChI=1S/C19H32N2/c1-5-15(3)12-16(4)21-14-19(20-13-18(21)6-2)17-10-8-7-9-11-17/h7-11,15-16,18-20H,5-6,12-14H2,1-4H3. The van der Waals surface area contributed by atoms with Crippen LogP contribution in [-0.2, 0) is 0 Å². The lowest BCUT2D eigenvalue weighted by atomic mass is 9.94. The van der Waals surface area contributed by atoms with Crippen LogP contribution in [0.5, 0.6) is 0 Å². The van der Waals surface area contributed by atoms with E-state index in [1.165, 1.54) is 24.8 Å². The quantitative estimate of drug-likeness (QED) is 0.842. The van der Waals surface area contributed by atoms with Gasteiger partial charge in [-0.15, -0.1) is 0 Å². The fourth-order valence-electron chi connectivity index (χ4n) is 3.53. The fourth-order valence-corrected chi connectivity index (χ4v) is 3.53. The molecule has 0 bridgehead atoms. The van der Waals surface area contributed by atoms with Crippen molar-refractivity contribution in [2.24, 2.45) is 5.92 Å². The molecule has 0 amide bonds. The van der Waals surface area contributed by atoms with Crippen molar-refractivity contribution in [1.29, 1.82) is 0 Å². The molecule has 4 atom stereocenters. The van der Waals surface area contributed by atoms with E-state index >= 15 is 0 Å². The molecule has 0 aromatic heterocycles. The summed E-state index contributed by atoms with van der Waals surface area (Å²) in [5.41, 5.74) is 1.42. The number of nitrogens with zero attached hydrogens (tertiary/aromatic N) is 1. The van der Waals surface area contributed by atoms with Gasteiger partial charge < -0.3 is 5.32 Å². The molecule has 1 aromatic carbocycles. The van der Waals surface area contributed by atoms with Crippen molar-refractivity contribution in [1.82, 2.24) is 10.2 Å². The van der Waals surface area contributed by atoms with Crippen LogP contribution < -0.4 is 5.32 Å². The minimum atomic E-state index is 0.480. The zero-order chi connectivity index (χ0) is 15.2. The summed E-state index contributed by atoms with van der Waals surface area (Å²) in [5, 5.41) is 3.75. The molecule has 1 fully saturated rings. The van der Waals surface area contributed by atoms with E-state index in [2.05, 4.69) is 68.2 Å². The molecular formula is C19H32N2. The summed E-state index contributed by atoms with van der Waals surface area (Å²) in [6, 6.07) is 12.7. The molecule has 2 rings (SSSR count). The highest BCUT2D eigenvalue weighted by Crippen LogP contribution is 2.25. The smallest absolute Gasteiger partial charge is 0.0450 e. The van der Waals surface area contributed by atoms with E-state index in [0.29, 0.717) is 18.1 Å². The Balaban J connectivity index is 2.05. The van der Waals surface area contributed by atoms with Gasteiger partial charge in [0.05, 0.1) is 0 Å². The van der Waals surface area contributed by atoms with E-state index in [4.69, 9.17) is 0 Å². The molecule has 1 aromatic rings. The van der Waals surface area contributed by atoms with Crippen LogP contribution in [0, 0.1) is 5.92 Å². The van der Waals surface area contributed by atoms with E-state index in [1.54, 1.807) is 0 Å². The molecule has 0 radical (unpaired) electrons. The summed E-state index contributed by atoms with van der Waals surface area (Å²) >= 11 is 0. The monoisotopic (exact) mass is 288 g/mol. The molecule has 0 spiro atoms. The van der Waals surface area contributed by atoms with Crippen molar-refractivity contribution < 1.29 is 0 Å². The van der Waals surface area contributed by atoms with Gasteiger partial charge in [-0.2, -0.15) is 0 Å². The van der Waals surface area contributed by atoms with Gasteiger partial charge in [0, 0.05) is 31.2 Å². The Kier molecular flexibility index (Phi) is 6.25. The predicted octanol–water partition coefficient (Wildman–Crippen LogP) is 4.24. The molecule has 118 valence electrons. The van der Waals surface area contributed by atoms with Crippen molar-refractivity contribution in [3.05, 3.63) is 35.9 Å². The third-order valence-electron chi connectivity index (χ3n) is 5.14. The van der Waals surface area contributed by atoms with Gasteiger partial charge in [0.25, 0.3) is 0 Å².